The maximum Gasteiger partial charge on any atom is 0.103 e. The van der Waals surface area contributed by atoms with E-state index in [1.807, 2.05) is 23.1 Å². The number of rotatable bonds is 4. The van der Waals surface area contributed by atoms with Gasteiger partial charge in [-0.05, 0) is 5.75 Å². The number of thiazole rings is 1. The molecule has 0 N–H and O–H groups in total. The molecular weight excluding hydrogens is 290 g/mol. The largest absolute Gasteiger partial charge is 0.245 e. The van der Waals surface area contributed by atoms with Gasteiger partial charge in [0.1, 0.15) is 5.01 Å². The van der Waals surface area contributed by atoms with E-state index in [9.17, 15) is 0 Å². The molecule has 0 aromatic carbocycles. The fourth-order valence-electron chi connectivity index (χ4n) is 1.33. The summed E-state index contributed by atoms with van der Waals surface area (Å²) < 4.78 is 0. The van der Waals surface area contributed by atoms with Gasteiger partial charge in [0.25, 0.3) is 0 Å². The zero-order valence-corrected chi connectivity index (χ0v) is 13.0. The van der Waals surface area contributed by atoms with Gasteiger partial charge in [-0.1, -0.05) is 43.6 Å². The molecule has 0 saturated heterocycles. The molecule has 0 spiro atoms. The van der Waals surface area contributed by atoms with E-state index in [-0.39, 0.29) is 5.41 Å². The van der Waals surface area contributed by atoms with Gasteiger partial charge in [-0.2, -0.15) is 11.8 Å². The number of nitrogens with zero attached hydrogens (tertiary/aromatic N) is 1. The van der Waals surface area contributed by atoms with E-state index in [0.29, 0.717) is 0 Å². The van der Waals surface area contributed by atoms with E-state index in [0.717, 1.165) is 16.8 Å². The summed E-state index contributed by atoms with van der Waals surface area (Å²) >= 11 is 7.33. The quantitative estimate of drug-likeness (QED) is 0.755. The van der Waals surface area contributed by atoms with Crippen molar-refractivity contribution in [3.63, 3.8) is 0 Å². The van der Waals surface area contributed by atoms with Gasteiger partial charge in [0, 0.05) is 21.4 Å². The molecular formula is C11H18BrNS2. The highest BCUT2D eigenvalue weighted by Crippen LogP contribution is 2.32. The van der Waals surface area contributed by atoms with Crippen LogP contribution in [0.2, 0.25) is 0 Å². The molecule has 86 valence electrons. The number of halogens is 1. The molecule has 0 bridgehead atoms. The van der Waals surface area contributed by atoms with E-state index >= 15 is 0 Å². The predicted molar refractivity (Wildman–Crippen MR) is 75.3 cm³/mol. The van der Waals surface area contributed by atoms with Crippen molar-refractivity contribution in [3.05, 3.63) is 15.6 Å². The molecule has 0 unspecified atom stereocenters. The molecule has 1 aromatic heterocycles. The molecule has 0 atom stereocenters. The summed E-state index contributed by atoms with van der Waals surface area (Å²) in [7, 11) is 0. The molecule has 0 fully saturated rings. The lowest BCUT2D eigenvalue weighted by Gasteiger charge is -2.16. The second kappa shape index (κ2) is 5.69. The fraction of sp³-hybridized carbons (Fsp3) is 0.727. The van der Waals surface area contributed by atoms with Crippen molar-refractivity contribution in [2.75, 3.05) is 5.75 Å². The second-order valence-corrected chi connectivity index (χ2v) is 7.40. The lowest BCUT2D eigenvalue weighted by atomic mass is 9.92. The molecule has 1 heterocycles. The topological polar surface area (TPSA) is 12.9 Å². The minimum atomic E-state index is 0.161. The van der Waals surface area contributed by atoms with Crippen LogP contribution in [-0.2, 0) is 16.5 Å². The first kappa shape index (κ1) is 13.5. The Balaban J connectivity index is 2.90. The van der Waals surface area contributed by atoms with Crippen molar-refractivity contribution in [1.29, 1.82) is 0 Å². The molecule has 0 aliphatic rings. The first-order valence-corrected chi connectivity index (χ1v) is 8.21. The van der Waals surface area contributed by atoms with Gasteiger partial charge in [-0.3, -0.25) is 0 Å². The average molecular weight is 308 g/mol. The third-order valence-electron chi connectivity index (χ3n) is 2.00. The Hall–Kier alpha value is 0.460. The highest BCUT2D eigenvalue weighted by molar-refractivity contribution is 9.08. The van der Waals surface area contributed by atoms with E-state index in [2.05, 4.69) is 43.6 Å². The zero-order chi connectivity index (χ0) is 11.5. The van der Waals surface area contributed by atoms with E-state index in [1.54, 1.807) is 0 Å². The van der Waals surface area contributed by atoms with Crippen molar-refractivity contribution < 1.29 is 0 Å². The molecule has 4 heteroatoms. The highest BCUT2D eigenvalue weighted by atomic mass is 79.9. The molecule has 1 rings (SSSR count). The Bertz CT molecular complexity index is 315. The van der Waals surface area contributed by atoms with Crippen molar-refractivity contribution in [3.8, 4) is 0 Å². The van der Waals surface area contributed by atoms with E-state index in [4.69, 9.17) is 4.98 Å². The van der Waals surface area contributed by atoms with Crippen LogP contribution in [0.5, 0.6) is 0 Å². The van der Waals surface area contributed by atoms with Crippen molar-refractivity contribution >= 4 is 39.0 Å². The van der Waals surface area contributed by atoms with Crippen LogP contribution in [-0.4, -0.2) is 10.7 Å². The predicted octanol–water partition coefficient (Wildman–Crippen LogP) is 4.59. The van der Waals surface area contributed by atoms with Crippen LogP contribution in [0, 0.1) is 0 Å². The maximum atomic E-state index is 4.76. The average Bonchev–Trinajstić information content (AvgIpc) is 2.57. The lowest BCUT2D eigenvalue weighted by molar-refractivity contribution is 0.568. The molecule has 0 saturated carbocycles. The van der Waals surface area contributed by atoms with Crippen molar-refractivity contribution in [2.45, 2.75) is 44.2 Å². The summed E-state index contributed by atoms with van der Waals surface area (Å²) in [5, 5.41) is 2.19. The number of hydrogen-bond donors (Lipinski definition) is 0. The van der Waals surface area contributed by atoms with Crippen molar-refractivity contribution in [2.24, 2.45) is 0 Å². The third kappa shape index (κ3) is 3.75. The molecule has 15 heavy (non-hydrogen) atoms. The van der Waals surface area contributed by atoms with E-state index < -0.39 is 0 Å². The monoisotopic (exact) mass is 307 g/mol. The summed E-state index contributed by atoms with van der Waals surface area (Å²) in [5.41, 5.74) is 1.42. The lowest BCUT2D eigenvalue weighted by Crippen LogP contribution is -2.13. The standard InChI is InChI=1S/C11H18BrNS2/c1-5-14-7-9-13-10(11(2,3)4)8(6-12)15-9/h5-7H2,1-4H3. The number of thioether (sulfide) groups is 1. The fourth-order valence-corrected chi connectivity index (χ4v) is 3.79. The minimum Gasteiger partial charge on any atom is -0.245 e. The van der Waals surface area contributed by atoms with Gasteiger partial charge < -0.3 is 0 Å². The summed E-state index contributed by atoms with van der Waals surface area (Å²) in [6.07, 6.45) is 0. The summed E-state index contributed by atoms with van der Waals surface area (Å²) in [5.74, 6) is 2.21. The first-order chi connectivity index (χ1) is 6.99. The Kier molecular flexibility index (Phi) is 5.13. The minimum absolute atomic E-state index is 0.161. The Labute approximate surface area is 109 Å². The summed E-state index contributed by atoms with van der Waals surface area (Å²) in [6, 6.07) is 0. The van der Waals surface area contributed by atoms with Crippen molar-refractivity contribution in [1.82, 2.24) is 4.98 Å². The van der Waals surface area contributed by atoms with E-state index in [1.165, 1.54) is 15.6 Å². The van der Waals surface area contributed by atoms with Gasteiger partial charge in [0.05, 0.1) is 5.69 Å². The van der Waals surface area contributed by atoms with Crippen LogP contribution in [0.1, 0.15) is 43.3 Å². The third-order valence-corrected chi connectivity index (χ3v) is 5.06. The molecule has 0 aliphatic carbocycles. The van der Waals surface area contributed by atoms with Gasteiger partial charge in [0.2, 0.25) is 0 Å². The second-order valence-electron chi connectivity index (χ2n) is 4.40. The number of hydrogen-bond acceptors (Lipinski definition) is 3. The molecule has 1 aromatic rings. The van der Waals surface area contributed by atoms with Crippen LogP contribution in [0.25, 0.3) is 0 Å². The number of alkyl halides is 1. The van der Waals surface area contributed by atoms with Crippen LogP contribution < -0.4 is 0 Å². The van der Waals surface area contributed by atoms with Gasteiger partial charge >= 0.3 is 0 Å². The molecule has 0 amide bonds. The number of aromatic nitrogens is 1. The van der Waals surface area contributed by atoms with Crippen LogP contribution in [0.4, 0.5) is 0 Å². The molecule has 1 nitrogen and oxygen atoms in total. The van der Waals surface area contributed by atoms with Gasteiger partial charge in [0.15, 0.2) is 0 Å². The SMILES string of the molecule is CCSCc1nc(C(C)(C)C)c(CBr)s1. The Morgan fingerprint density at radius 3 is 2.47 bits per heavy atom. The normalized spacial score (nSPS) is 12.1. The molecule has 0 radical (unpaired) electrons. The summed E-state index contributed by atoms with van der Waals surface area (Å²) in [4.78, 5) is 6.14. The Morgan fingerprint density at radius 1 is 1.40 bits per heavy atom. The van der Waals surface area contributed by atoms with Crippen LogP contribution in [0.15, 0.2) is 0 Å². The Morgan fingerprint density at radius 2 is 2.07 bits per heavy atom. The zero-order valence-electron chi connectivity index (χ0n) is 9.76. The highest BCUT2D eigenvalue weighted by Gasteiger charge is 2.22. The van der Waals surface area contributed by atoms with Crippen LogP contribution in [0.3, 0.4) is 0 Å². The maximum absolute atomic E-state index is 4.76. The molecule has 0 aliphatic heterocycles. The first-order valence-electron chi connectivity index (χ1n) is 5.11. The summed E-state index contributed by atoms with van der Waals surface area (Å²) in [6.45, 7) is 8.87. The smallest absolute Gasteiger partial charge is 0.103 e. The van der Waals surface area contributed by atoms with Gasteiger partial charge in [-0.15, -0.1) is 11.3 Å². The van der Waals surface area contributed by atoms with Crippen LogP contribution >= 0.6 is 39.0 Å². The van der Waals surface area contributed by atoms with Gasteiger partial charge in [-0.25, -0.2) is 4.98 Å².